The predicted octanol–water partition coefficient (Wildman–Crippen LogP) is 2.63. The lowest BCUT2D eigenvalue weighted by atomic mass is 10.0. The van der Waals surface area contributed by atoms with E-state index in [2.05, 4.69) is 11.1 Å². The highest BCUT2D eigenvalue weighted by Crippen LogP contribution is 2.11. The maximum atomic E-state index is 8.84. The number of aryl methyl sites for hydroxylation is 3. The Morgan fingerprint density at radius 3 is 2.78 bits per heavy atom. The molecule has 3 heteroatoms. The van der Waals surface area contributed by atoms with E-state index in [1.165, 1.54) is 0 Å². The zero-order chi connectivity index (χ0) is 13.0. The van der Waals surface area contributed by atoms with E-state index in [-0.39, 0.29) is 0 Å². The molecule has 0 radical (unpaired) electrons. The third-order valence-electron chi connectivity index (χ3n) is 2.77. The number of benzene rings is 1. The lowest BCUT2D eigenvalue weighted by Crippen LogP contribution is -1.99. The van der Waals surface area contributed by atoms with E-state index < -0.39 is 0 Å². The molecule has 0 saturated carbocycles. The number of nitriles is 1. The fourth-order valence-corrected chi connectivity index (χ4v) is 1.96. The Morgan fingerprint density at radius 2 is 2.06 bits per heavy atom. The fraction of sp³-hybridized carbons (Fsp3) is 0.200. The minimum Gasteiger partial charge on any atom is -0.384 e. The zero-order valence-electron chi connectivity index (χ0n) is 10.4. The van der Waals surface area contributed by atoms with Crippen LogP contribution in [0.5, 0.6) is 0 Å². The van der Waals surface area contributed by atoms with Crippen LogP contribution < -0.4 is 5.73 Å². The number of nitrogen functional groups attached to an aromatic ring is 1. The first-order chi connectivity index (χ1) is 8.67. The summed E-state index contributed by atoms with van der Waals surface area (Å²) in [6.07, 6.45) is 1.70. The lowest BCUT2D eigenvalue weighted by molar-refractivity contribution is 0.913. The number of aromatic nitrogens is 1. The number of nitrogens with two attached hydrogens (primary N) is 1. The van der Waals surface area contributed by atoms with Crippen LogP contribution >= 0.6 is 0 Å². The van der Waals surface area contributed by atoms with Crippen molar-refractivity contribution in [1.29, 1.82) is 5.26 Å². The van der Waals surface area contributed by atoms with Gasteiger partial charge >= 0.3 is 0 Å². The number of hydrogen-bond donors (Lipinski definition) is 1. The van der Waals surface area contributed by atoms with Gasteiger partial charge in [-0.25, -0.2) is 4.98 Å². The van der Waals surface area contributed by atoms with Crippen molar-refractivity contribution in [3.63, 3.8) is 0 Å². The van der Waals surface area contributed by atoms with Crippen LogP contribution in [0.25, 0.3) is 0 Å². The lowest BCUT2D eigenvalue weighted by Gasteiger charge is -2.04. The van der Waals surface area contributed by atoms with Crippen molar-refractivity contribution < 1.29 is 0 Å². The van der Waals surface area contributed by atoms with Crippen LogP contribution in [0.15, 0.2) is 36.4 Å². The summed E-state index contributed by atoms with van der Waals surface area (Å²) >= 11 is 0. The minimum atomic E-state index is 0.566. The second-order valence-electron chi connectivity index (χ2n) is 4.37. The largest absolute Gasteiger partial charge is 0.384 e. The molecule has 0 saturated heterocycles. The topological polar surface area (TPSA) is 62.7 Å². The first-order valence-electron chi connectivity index (χ1n) is 5.89. The van der Waals surface area contributed by atoms with Gasteiger partial charge in [-0.15, -0.1) is 0 Å². The van der Waals surface area contributed by atoms with Crippen molar-refractivity contribution >= 4 is 5.82 Å². The third kappa shape index (κ3) is 3.08. The molecule has 2 rings (SSSR count). The Bertz CT molecular complexity index is 577. The minimum absolute atomic E-state index is 0.566. The quantitative estimate of drug-likeness (QED) is 0.892. The fourth-order valence-electron chi connectivity index (χ4n) is 1.96. The summed E-state index contributed by atoms with van der Waals surface area (Å²) in [7, 11) is 0. The molecule has 90 valence electrons. The van der Waals surface area contributed by atoms with Crippen LogP contribution in [0.2, 0.25) is 0 Å². The molecule has 2 N–H and O–H groups in total. The summed E-state index contributed by atoms with van der Waals surface area (Å²) in [4.78, 5) is 4.30. The molecule has 0 aliphatic carbocycles. The van der Waals surface area contributed by atoms with Crippen LogP contribution in [-0.4, -0.2) is 4.98 Å². The summed E-state index contributed by atoms with van der Waals surface area (Å²) in [6, 6.07) is 13.7. The van der Waals surface area contributed by atoms with Gasteiger partial charge in [-0.3, -0.25) is 0 Å². The summed E-state index contributed by atoms with van der Waals surface area (Å²) in [5.41, 5.74) is 9.69. The van der Waals surface area contributed by atoms with Crippen molar-refractivity contribution in [1.82, 2.24) is 4.98 Å². The molecular weight excluding hydrogens is 222 g/mol. The monoisotopic (exact) mass is 237 g/mol. The third-order valence-corrected chi connectivity index (χ3v) is 2.77. The SMILES string of the molecule is Cc1cc(N)nc(CCc2cccc(C#N)c2)c1. The molecule has 0 unspecified atom stereocenters. The second-order valence-corrected chi connectivity index (χ2v) is 4.37. The van der Waals surface area contributed by atoms with E-state index in [1.54, 1.807) is 0 Å². The smallest absolute Gasteiger partial charge is 0.123 e. The number of nitrogens with zero attached hydrogens (tertiary/aromatic N) is 2. The highest BCUT2D eigenvalue weighted by molar-refractivity contribution is 5.35. The van der Waals surface area contributed by atoms with Crippen LogP contribution in [0, 0.1) is 18.3 Å². The van der Waals surface area contributed by atoms with E-state index in [9.17, 15) is 0 Å². The molecule has 0 amide bonds. The molecule has 0 aliphatic rings. The number of pyridine rings is 1. The molecule has 0 bridgehead atoms. The highest BCUT2D eigenvalue weighted by Gasteiger charge is 2.00. The van der Waals surface area contributed by atoms with E-state index in [4.69, 9.17) is 11.0 Å². The molecular formula is C15H15N3. The summed E-state index contributed by atoms with van der Waals surface area (Å²) in [6.45, 7) is 2.01. The van der Waals surface area contributed by atoms with Gasteiger partial charge in [-0.05, 0) is 55.2 Å². The average molecular weight is 237 g/mol. The van der Waals surface area contributed by atoms with E-state index in [1.807, 2.05) is 43.3 Å². The number of hydrogen-bond acceptors (Lipinski definition) is 3. The Labute approximate surface area is 107 Å². The molecule has 1 aromatic carbocycles. The Morgan fingerprint density at radius 1 is 1.22 bits per heavy atom. The molecule has 3 nitrogen and oxygen atoms in total. The van der Waals surface area contributed by atoms with Crippen molar-refractivity contribution in [3.8, 4) is 6.07 Å². The molecule has 0 spiro atoms. The maximum absolute atomic E-state index is 8.84. The summed E-state index contributed by atoms with van der Waals surface area (Å²) < 4.78 is 0. The van der Waals surface area contributed by atoms with Gasteiger partial charge in [0.05, 0.1) is 11.6 Å². The molecule has 1 aromatic heterocycles. The first kappa shape index (κ1) is 12.1. The van der Waals surface area contributed by atoms with Gasteiger partial charge in [0.2, 0.25) is 0 Å². The molecule has 18 heavy (non-hydrogen) atoms. The van der Waals surface area contributed by atoms with E-state index >= 15 is 0 Å². The van der Waals surface area contributed by atoms with Gasteiger partial charge in [-0.1, -0.05) is 12.1 Å². The zero-order valence-corrected chi connectivity index (χ0v) is 10.4. The van der Waals surface area contributed by atoms with Crippen molar-refractivity contribution in [2.45, 2.75) is 19.8 Å². The molecule has 0 aliphatic heterocycles. The Kier molecular flexibility index (Phi) is 3.59. The summed E-state index contributed by atoms with van der Waals surface area (Å²) in [5, 5.41) is 8.84. The molecule has 0 fully saturated rings. The predicted molar refractivity (Wildman–Crippen MR) is 72.0 cm³/mol. The normalized spacial score (nSPS) is 10.0. The highest BCUT2D eigenvalue weighted by atomic mass is 14.8. The van der Waals surface area contributed by atoms with Gasteiger partial charge in [0, 0.05) is 5.69 Å². The van der Waals surface area contributed by atoms with Crippen molar-refractivity contribution in [2.24, 2.45) is 0 Å². The van der Waals surface area contributed by atoms with Crippen LogP contribution in [0.3, 0.4) is 0 Å². The Hall–Kier alpha value is -2.34. The van der Waals surface area contributed by atoms with Gasteiger partial charge < -0.3 is 5.73 Å². The van der Waals surface area contributed by atoms with E-state index in [0.29, 0.717) is 11.4 Å². The van der Waals surface area contributed by atoms with Crippen molar-refractivity contribution in [2.75, 3.05) is 5.73 Å². The second kappa shape index (κ2) is 5.33. The number of rotatable bonds is 3. The van der Waals surface area contributed by atoms with Crippen molar-refractivity contribution in [3.05, 3.63) is 58.8 Å². The standard InChI is InChI=1S/C15H15N3/c1-11-7-14(18-15(17)8-11)6-5-12-3-2-4-13(9-12)10-16/h2-4,7-9H,5-6H2,1H3,(H2,17,18). The number of anilines is 1. The van der Waals surface area contributed by atoms with Gasteiger partial charge in [0.15, 0.2) is 0 Å². The Balaban J connectivity index is 2.09. The van der Waals surface area contributed by atoms with Crippen LogP contribution in [0.4, 0.5) is 5.82 Å². The molecule has 0 atom stereocenters. The molecule has 2 aromatic rings. The van der Waals surface area contributed by atoms with Gasteiger partial charge in [0.25, 0.3) is 0 Å². The summed E-state index contributed by atoms with van der Waals surface area (Å²) in [5.74, 6) is 0.566. The maximum Gasteiger partial charge on any atom is 0.123 e. The van der Waals surface area contributed by atoms with Gasteiger partial charge in [-0.2, -0.15) is 5.26 Å². The van der Waals surface area contributed by atoms with Crippen LogP contribution in [0.1, 0.15) is 22.4 Å². The van der Waals surface area contributed by atoms with E-state index in [0.717, 1.165) is 29.7 Å². The van der Waals surface area contributed by atoms with Crippen LogP contribution in [-0.2, 0) is 12.8 Å². The first-order valence-corrected chi connectivity index (χ1v) is 5.89. The molecule has 1 heterocycles. The average Bonchev–Trinajstić information content (AvgIpc) is 2.35. The van der Waals surface area contributed by atoms with Gasteiger partial charge in [0.1, 0.15) is 5.82 Å².